The number of thiophene rings is 1. The molecule has 0 radical (unpaired) electrons. The minimum atomic E-state index is -0.414. The molecule has 0 unspecified atom stereocenters. The van der Waals surface area contributed by atoms with Crippen LogP contribution in [0, 0.1) is 0 Å². The standard InChI is InChI=1S/C12H10Cl2N2OS/c13-8-2-9(14)4-10(3-8)16-5-11-1-7(6-18-11)12(15)17/h1-4,6,16H,5H2,(H2,15,17). The van der Waals surface area contributed by atoms with Crippen molar-refractivity contribution in [3.05, 3.63) is 50.1 Å². The Morgan fingerprint density at radius 3 is 2.44 bits per heavy atom. The molecule has 1 aromatic heterocycles. The van der Waals surface area contributed by atoms with Gasteiger partial charge in [-0.25, -0.2) is 0 Å². The number of hydrogen-bond donors (Lipinski definition) is 2. The highest BCUT2D eigenvalue weighted by molar-refractivity contribution is 7.10. The Labute approximate surface area is 119 Å². The second kappa shape index (κ2) is 5.61. The van der Waals surface area contributed by atoms with Gasteiger partial charge < -0.3 is 11.1 Å². The highest BCUT2D eigenvalue weighted by Crippen LogP contribution is 2.23. The maximum absolute atomic E-state index is 11.0. The Hall–Kier alpha value is -1.23. The number of anilines is 1. The molecule has 1 heterocycles. The minimum absolute atomic E-state index is 0.414. The van der Waals surface area contributed by atoms with Crippen LogP contribution in [0.2, 0.25) is 10.0 Å². The molecule has 0 aliphatic rings. The van der Waals surface area contributed by atoms with Gasteiger partial charge in [-0.1, -0.05) is 23.2 Å². The lowest BCUT2D eigenvalue weighted by atomic mass is 10.3. The fourth-order valence-electron chi connectivity index (χ4n) is 1.45. The number of amides is 1. The molecule has 6 heteroatoms. The van der Waals surface area contributed by atoms with Crippen molar-refractivity contribution in [1.29, 1.82) is 0 Å². The monoisotopic (exact) mass is 300 g/mol. The zero-order chi connectivity index (χ0) is 13.1. The van der Waals surface area contributed by atoms with Crippen LogP contribution in [-0.2, 0) is 6.54 Å². The minimum Gasteiger partial charge on any atom is -0.380 e. The molecule has 0 bridgehead atoms. The molecule has 0 fully saturated rings. The number of nitrogens with two attached hydrogens (primary N) is 1. The molecule has 2 rings (SSSR count). The van der Waals surface area contributed by atoms with Gasteiger partial charge >= 0.3 is 0 Å². The van der Waals surface area contributed by atoms with Gasteiger partial charge in [0.1, 0.15) is 0 Å². The summed E-state index contributed by atoms with van der Waals surface area (Å²) in [5.74, 6) is -0.414. The van der Waals surface area contributed by atoms with Crippen molar-refractivity contribution >= 4 is 46.1 Å². The average molecular weight is 301 g/mol. The third-order valence-corrected chi connectivity index (χ3v) is 3.64. The van der Waals surface area contributed by atoms with Crippen LogP contribution in [0.25, 0.3) is 0 Å². The van der Waals surface area contributed by atoms with E-state index in [1.165, 1.54) is 11.3 Å². The van der Waals surface area contributed by atoms with Gasteiger partial charge in [0.05, 0.1) is 5.56 Å². The Bertz CT molecular complexity index is 563. The predicted octanol–water partition coefficient (Wildman–Crippen LogP) is 3.77. The number of nitrogens with one attached hydrogen (secondary N) is 1. The largest absolute Gasteiger partial charge is 0.380 e. The Morgan fingerprint density at radius 1 is 1.22 bits per heavy atom. The Balaban J connectivity index is 2.04. The van der Waals surface area contributed by atoms with Gasteiger partial charge in [0, 0.05) is 32.5 Å². The molecule has 0 saturated carbocycles. The van der Waals surface area contributed by atoms with Crippen LogP contribution in [-0.4, -0.2) is 5.91 Å². The molecule has 0 aliphatic heterocycles. The van der Waals surface area contributed by atoms with Gasteiger partial charge in [-0.2, -0.15) is 0 Å². The summed E-state index contributed by atoms with van der Waals surface area (Å²) in [5.41, 5.74) is 6.55. The lowest BCUT2D eigenvalue weighted by molar-refractivity contribution is 0.100. The van der Waals surface area contributed by atoms with Crippen molar-refractivity contribution in [2.45, 2.75) is 6.54 Å². The average Bonchev–Trinajstić information content (AvgIpc) is 2.73. The van der Waals surface area contributed by atoms with E-state index in [-0.39, 0.29) is 0 Å². The Kier molecular flexibility index (Phi) is 4.11. The van der Waals surface area contributed by atoms with Crippen LogP contribution < -0.4 is 11.1 Å². The molecule has 0 aliphatic carbocycles. The number of carbonyl (C=O) groups excluding carboxylic acids is 1. The number of carbonyl (C=O) groups is 1. The molecular weight excluding hydrogens is 291 g/mol. The first-order valence-corrected chi connectivity index (χ1v) is 6.75. The molecular formula is C12H10Cl2N2OS. The normalized spacial score (nSPS) is 10.3. The van der Waals surface area contributed by atoms with E-state index < -0.39 is 5.91 Å². The SMILES string of the molecule is NC(=O)c1csc(CNc2cc(Cl)cc(Cl)c2)c1. The van der Waals surface area contributed by atoms with E-state index in [1.807, 2.05) is 0 Å². The third-order valence-electron chi connectivity index (χ3n) is 2.27. The van der Waals surface area contributed by atoms with Crippen LogP contribution in [0.3, 0.4) is 0 Å². The molecule has 0 atom stereocenters. The van der Waals surface area contributed by atoms with Gasteiger partial charge in [-0.3, -0.25) is 4.79 Å². The summed E-state index contributed by atoms with van der Waals surface area (Å²) < 4.78 is 0. The van der Waals surface area contributed by atoms with Crippen molar-refractivity contribution < 1.29 is 4.79 Å². The van der Waals surface area contributed by atoms with Gasteiger partial charge in [0.25, 0.3) is 0 Å². The maximum atomic E-state index is 11.0. The van der Waals surface area contributed by atoms with Crippen molar-refractivity contribution in [1.82, 2.24) is 0 Å². The van der Waals surface area contributed by atoms with Gasteiger partial charge in [0.15, 0.2) is 0 Å². The lowest BCUT2D eigenvalue weighted by Gasteiger charge is -2.05. The molecule has 18 heavy (non-hydrogen) atoms. The van der Waals surface area contributed by atoms with Crippen LogP contribution >= 0.6 is 34.5 Å². The fraction of sp³-hybridized carbons (Fsp3) is 0.0833. The predicted molar refractivity (Wildman–Crippen MR) is 76.6 cm³/mol. The zero-order valence-electron chi connectivity index (χ0n) is 9.24. The van der Waals surface area contributed by atoms with E-state index >= 15 is 0 Å². The molecule has 0 spiro atoms. The molecule has 1 aromatic carbocycles. The van der Waals surface area contributed by atoms with E-state index in [4.69, 9.17) is 28.9 Å². The van der Waals surface area contributed by atoms with Gasteiger partial charge in [-0.15, -0.1) is 11.3 Å². The van der Waals surface area contributed by atoms with Crippen LogP contribution in [0.4, 0.5) is 5.69 Å². The summed E-state index contributed by atoms with van der Waals surface area (Å²) >= 11 is 13.3. The Morgan fingerprint density at radius 2 is 1.89 bits per heavy atom. The number of primary amides is 1. The lowest BCUT2D eigenvalue weighted by Crippen LogP contribution is -2.09. The number of halogens is 2. The summed E-state index contributed by atoms with van der Waals surface area (Å²) in [6.45, 7) is 0.592. The molecule has 3 N–H and O–H groups in total. The number of hydrogen-bond acceptors (Lipinski definition) is 3. The fourth-order valence-corrected chi connectivity index (χ4v) is 2.79. The van der Waals surface area contributed by atoms with E-state index in [2.05, 4.69) is 5.32 Å². The molecule has 2 aromatic rings. The van der Waals surface area contributed by atoms with Crippen LogP contribution in [0.15, 0.2) is 29.6 Å². The molecule has 3 nitrogen and oxygen atoms in total. The highest BCUT2D eigenvalue weighted by Gasteiger charge is 2.05. The summed E-state index contributed by atoms with van der Waals surface area (Å²) in [6, 6.07) is 7.02. The number of rotatable bonds is 4. The maximum Gasteiger partial charge on any atom is 0.249 e. The first-order chi connectivity index (χ1) is 8.54. The highest BCUT2D eigenvalue weighted by atomic mass is 35.5. The van der Waals surface area contributed by atoms with Crippen molar-refractivity contribution in [2.75, 3.05) is 5.32 Å². The van der Waals surface area contributed by atoms with E-state index in [0.29, 0.717) is 22.2 Å². The van der Waals surface area contributed by atoms with E-state index in [1.54, 1.807) is 29.6 Å². The summed E-state index contributed by atoms with van der Waals surface area (Å²) in [4.78, 5) is 12.0. The second-order valence-corrected chi connectivity index (χ2v) is 5.55. The van der Waals surface area contributed by atoms with Crippen molar-refractivity contribution in [3.8, 4) is 0 Å². The van der Waals surface area contributed by atoms with Crippen LogP contribution in [0.1, 0.15) is 15.2 Å². The van der Waals surface area contributed by atoms with Crippen molar-refractivity contribution in [2.24, 2.45) is 5.73 Å². The molecule has 1 amide bonds. The summed E-state index contributed by atoms with van der Waals surface area (Å²) in [6.07, 6.45) is 0. The van der Waals surface area contributed by atoms with Gasteiger partial charge in [-0.05, 0) is 24.3 Å². The second-order valence-electron chi connectivity index (χ2n) is 3.68. The van der Waals surface area contributed by atoms with E-state index in [9.17, 15) is 4.79 Å². The quantitative estimate of drug-likeness (QED) is 0.903. The van der Waals surface area contributed by atoms with Crippen molar-refractivity contribution in [3.63, 3.8) is 0 Å². The third kappa shape index (κ3) is 3.38. The summed E-state index contributed by atoms with van der Waals surface area (Å²) in [7, 11) is 0. The molecule has 0 saturated heterocycles. The summed E-state index contributed by atoms with van der Waals surface area (Å²) in [5, 5.41) is 6.08. The van der Waals surface area contributed by atoms with Crippen LogP contribution in [0.5, 0.6) is 0 Å². The van der Waals surface area contributed by atoms with E-state index in [0.717, 1.165) is 10.6 Å². The zero-order valence-corrected chi connectivity index (χ0v) is 11.6. The molecule has 94 valence electrons. The number of benzene rings is 1. The van der Waals surface area contributed by atoms with Gasteiger partial charge in [0.2, 0.25) is 5.91 Å². The topological polar surface area (TPSA) is 55.1 Å². The first-order valence-electron chi connectivity index (χ1n) is 5.12. The first kappa shape index (κ1) is 13.2. The smallest absolute Gasteiger partial charge is 0.249 e.